The number of piperazine rings is 1. The van der Waals surface area contributed by atoms with Gasteiger partial charge in [-0.1, -0.05) is 6.42 Å². The second-order valence-corrected chi connectivity index (χ2v) is 6.20. The Kier molecular flexibility index (Phi) is 4.84. The smallest absolute Gasteiger partial charge is 0.253 e. The fourth-order valence-corrected chi connectivity index (χ4v) is 3.09. The van der Waals surface area contributed by atoms with Crippen LogP contribution >= 0.6 is 0 Å². The average Bonchev–Trinajstić information content (AvgIpc) is 2.54. The van der Waals surface area contributed by atoms with E-state index in [1.165, 1.54) is 6.42 Å². The van der Waals surface area contributed by atoms with Crippen molar-refractivity contribution in [1.29, 1.82) is 0 Å². The molecule has 2 aliphatic rings. The highest BCUT2D eigenvalue weighted by molar-refractivity contribution is 5.94. The van der Waals surface area contributed by atoms with Crippen molar-refractivity contribution in [2.24, 2.45) is 5.92 Å². The summed E-state index contributed by atoms with van der Waals surface area (Å²) in [5.41, 5.74) is 0.673. The van der Waals surface area contributed by atoms with Gasteiger partial charge in [-0.05, 0) is 44.0 Å². The lowest BCUT2D eigenvalue weighted by Crippen LogP contribution is -2.52. The van der Waals surface area contributed by atoms with Gasteiger partial charge in [0.25, 0.3) is 5.91 Å². The summed E-state index contributed by atoms with van der Waals surface area (Å²) >= 11 is 0. The van der Waals surface area contributed by atoms with Crippen molar-refractivity contribution in [1.82, 2.24) is 9.80 Å². The molecule has 0 unspecified atom stereocenters. The van der Waals surface area contributed by atoms with Gasteiger partial charge in [-0.15, -0.1) is 0 Å². The lowest BCUT2D eigenvalue weighted by Gasteiger charge is -2.38. The van der Waals surface area contributed by atoms with Gasteiger partial charge in [0.2, 0.25) is 5.91 Å². The number of carbonyl (C=O) groups excluding carboxylic acids is 2. The Labute approximate surface area is 137 Å². The average molecular weight is 316 g/mol. The molecule has 5 nitrogen and oxygen atoms in total. The minimum atomic E-state index is 0.0313. The van der Waals surface area contributed by atoms with Gasteiger partial charge < -0.3 is 14.5 Å². The normalized spacial score (nSPS) is 18.5. The summed E-state index contributed by atoms with van der Waals surface area (Å²) < 4.78 is 5.40. The molecule has 1 aromatic carbocycles. The van der Waals surface area contributed by atoms with Gasteiger partial charge in [-0.25, -0.2) is 0 Å². The molecule has 0 aromatic heterocycles. The number of carbonyl (C=O) groups is 2. The molecule has 0 atom stereocenters. The number of hydrogen-bond donors (Lipinski definition) is 0. The highest BCUT2D eigenvalue weighted by atomic mass is 16.5. The Balaban J connectivity index is 1.54. The van der Waals surface area contributed by atoms with Crippen molar-refractivity contribution in [3.05, 3.63) is 29.8 Å². The highest BCUT2D eigenvalue weighted by Gasteiger charge is 2.32. The Morgan fingerprint density at radius 3 is 2.17 bits per heavy atom. The zero-order chi connectivity index (χ0) is 16.2. The summed E-state index contributed by atoms with van der Waals surface area (Å²) in [5, 5.41) is 0. The molecule has 3 rings (SSSR count). The standard InChI is InChI=1S/C18H24N2O3/c1-2-23-16-8-6-15(7-9-16)18(22)20-12-10-19(11-13-20)17(21)14-4-3-5-14/h6-9,14H,2-5,10-13H2,1H3. The van der Waals surface area contributed by atoms with Crippen LogP contribution in [0.2, 0.25) is 0 Å². The van der Waals surface area contributed by atoms with Crippen molar-refractivity contribution in [3.63, 3.8) is 0 Å². The van der Waals surface area contributed by atoms with Gasteiger partial charge >= 0.3 is 0 Å². The summed E-state index contributed by atoms with van der Waals surface area (Å²) in [6.45, 7) is 5.08. The first-order valence-electron chi connectivity index (χ1n) is 8.50. The van der Waals surface area contributed by atoms with Crippen LogP contribution in [0.15, 0.2) is 24.3 Å². The van der Waals surface area contributed by atoms with Gasteiger partial charge in [-0.3, -0.25) is 9.59 Å². The fourth-order valence-electron chi connectivity index (χ4n) is 3.09. The maximum Gasteiger partial charge on any atom is 0.253 e. The van der Waals surface area contributed by atoms with E-state index in [9.17, 15) is 9.59 Å². The lowest BCUT2D eigenvalue weighted by molar-refractivity contribution is -0.139. The van der Waals surface area contributed by atoms with Crippen molar-refractivity contribution in [2.75, 3.05) is 32.8 Å². The molecule has 0 radical (unpaired) electrons. The maximum atomic E-state index is 12.5. The Bertz CT molecular complexity index is 558. The van der Waals surface area contributed by atoms with Crippen LogP contribution in [0.4, 0.5) is 0 Å². The molecule has 2 fully saturated rings. The van der Waals surface area contributed by atoms with Gasteiger partial charge in [-0.2, -0.15) is 0 Å². The quantitative estimate of drug-likeness (QED) is 0.855. The van der Waals surface area contributed by atoms with Crippen LogP contribution in [0.5, 0.6) is 5.75 Å². The maximum absolute atomic E-state index is 12.5. The summed E-state index contributed by atoms with van der Waals surface area (Å²) in [7, 11) is 0. The van der Waals surface area contributed by atoms with Crippen molar-refractivity contribution in [3.8, 4) is 5.75 Å². The summed E-state index contributed by atoms with van der Waals surface area (Å²) in [6.07, 6.45) is 3.24. The van der Waals surface area contributed by atoms with Crippen molar-refractivity contribution in [2.45, 2.75) is 26.2 Å². The molecule has 0 bridgehead atoms. The van der Waals surface area contributed by atoms with E-state index in [0.29, 0.717) is 38.3 Å². The number of amides is 2. The predicted molar refractivity (Wildman–Crippen MR) is 87.4 cm³/mol. The summed E-state index contributed by atoms with van der Waals surface area (Å²) in [6, 6.07) is 7.26. The van der Waals surface area contributed by atoms with E-state index in [0.717, 1.165) is 18.6 Å². The molecule has 2 amide bonds. The third-order valence-corrected chi connectivity index (χ3v) is 4.75. The summed E-state index contributed by atoms with van der Waals surface area (Å²) in [4.78, 5) is 28.5. The van der Waals surface area contributed by atoms with Crippen LogP contribution in [0.3, 0.4) is 0 Å². The molecule has 1 aromatic rings. The molecular weight excluding hydrogens is 292 g/mol. The number of ether oxygens (including phenoxy) is 1. The number of nitrogens with zero attached hydrogens (tertiary/aromatic N) is 2. The van der Waals surface area contributed by atoms with Crippen molar-refractivity contribution < 1.29 is 14.3 Å². The van der Waals surface area contributed by atoms with E-state index < -0.39 is 0 Å². The second kappa shape index (κ2) is 7.02. The number of hydrogen-bond acceptors (Lipinski definition) is 3. The molecular formula is C18H24N2O3. The van der Waals surface area contributed by atoms with Crippen LogP contribution in [0, 0.1) is 5.92 Å². The molecule has 0 N–H and O–H groups in total. The van der Waals surface area contributed by atoms with E-state index in [1.807, 2.05) is 28.9 Å². The zero-order valence-corrected chi connectivity index (χ0v) is 13.7. The second-order valence-electron chi connectivity index (χ2n) is 6.20. The van der Waals surface area contributed by atoms with Gasteiger partial charge in [0.1, 0.15) is 5.75 Å². The molecule has 1 heterocycles. The van der Waals surface area contributed by atoms with Crippen LogP contribution in [-0.2, 0) is 4.79 Å². The highest BCUT2D eigenvalue weighted by Crippen LogP contribution is 2.28. The van der Waals surface area contributed by atoms with E-state index >= 15 is 0 Å². The molecule has 124 valence electrons. The fraction of sp³-hybridized carbons (Fsp3) is 0.556. The minimum Gasteiger partial charge on any atom is -0.494 e. The predicted octanol–water partition coefficient (Wildman–Crippen LogP) is 2.17. The number of benzene rings is 1. The van der Waals surface area contributed by atoms with Crippen LogP contribution in [0.1, 0.15) is 36.5 Å². The molecule has 1 saturated heterocycles. The largest absolute Gasteiger partial charge is 0.494 e. The molecule has 1 saturated carbocycles. The SMILES string of the molecule is CCOc1ccc(C(=O)N2CCN(C(=O)C3CCC3)CC2)cc1. The Morgan fingerprint density at radius 1 is 1.04 bits per heavy atom. The molecule has 0 spiro atoms. The van der Waals surface area contributed by atoms with Gasteiger partial charge in [0, 0.05) is 37.7 Å². The van der Waals surface area contributed by atoms with E-state index in [4.69, 9.17) is 4.74 Å². The third kappa shape index (κ3) is 3.49. The van der Waals surface area contributed by atoms with Gasteiger partial charge in [0.05, 0.1) is 6.61 Å². The van der Waals surface area contributed by atoms with E-state index in [1.54, 1.807) is 12.1 Å². The van der Waals surface area contributed by atoms with Crippen LogP contribution in [0.25, 0.3) is 0 Å². The Hall–Kier alpha value is -2.04. The van der Waals surface area contributed by atoms with Crippen LogP contribution in [-0.4, -0.2) is 54.4 Å². The van der Waals surface area contributed by atoms with Gasteiger partial charge in [0.15, 0.2) is 0 Å². The molecule has 5 heteroatoms. The molecule has 23 heavy (non-hydrogen) atoms. The van der Waals surface area contributed by atoms with Crippen LogP contribution < -0.4 is 4.74 Å². The third-order valence-electron chi connectivity index (χ3n) is 4.75. The first-order chi connectivity index (χ1) is 11.2. The zero-order valence-electron chi connectivity index (χ0n) is 13.7. The molecule has 1 aliphatic heterocycles. The topological polar surface area (TPSA) is 49.9 Å². The lowest BCUT2D eigenvalue weighted by atomic mass is 9.84. The van der Waals surface area contributed by atoms with Crippen molar-refractivity contribution >= 4 is 11.8 Å². The monoisotopic (exact) mass is 316 g/mol. The molecule has 1 aliphatic carbocycles. The minimum absolute atomic E-state index is 0.0313. The first-order valence-corrected chi connectivity index (χ1v) is 8.50. The Morgan fingerprint density at radius 2 is 1.65 bits per heavy atom. The number of rotatable bonds is 4. The first kappa shape index (κ1) is 15.8. The van der Waals surface area contributed by atoms with E-state index in [-0.39, 0.29) is 17.7 Å². The summed E-state index contributed by atoms with van der Waals surface area (Å²) in [5.74, 6) is 1.33. The van der Waals surface area contributed by atoms with E-state index in [2.05, 4.69) is 0 Å².